The zero-order chi connectivity index (χ0) is 13.9. The standard InChI is InChI=1S/C15H29NO2S/c1-2-5-12-8-9-14(16)15(10-12)19(17,18)11-13-6-3-4-7-13/h12-15H,2-11,16H2,1H3. The van der Waals surface area contributed by atoms with Crippen molar-refractivity contribution in [2.24, 2.45) is 17.6 Å². The Balaban J connectivity index is 1.99. The third-order valence-electron chi connectivity index (χ3n) is 5.05. The summed E-state index contributed by atoms with van der Waals surface area (Å²) in [6, 6.07) is -0.125. The van der Waals surface area contributed by atoms with E-state index in [1.807, 2.05) is 0 Å². The molecule has 4 heteroatoms. The summed E-state index contributed by atoms with van der Waals surface area (Å²) in [7, 11) is -2.99. The predicted molar refractivity (Wildman–Crippen MR) is 79.8 cm³/mol. The summed E-state index contributed by atoms with van der Waals surface area (Å²) in [4.78, 5) is 0. The summed E-state index contributed by atoms with van der Waals surface area (Å²) in [6.07, 6.45) is 9.72. The zero-order valence-corrected chi connectivity index (χ0v) is 13.0. The van der Waals surface area contributed by atoms with Gasteiger partial charge >= 0.3 is 0 Å². The highest BCUT2D eigenvalue weighted by Crippen LogP contribution is 2.34. The first-order chi connectivity index (χ1) is 9.03. The van der Waals surface area contributed by atoms with Crippen LogP contribution >= 0.6 is 0 Å². The summed E-state index contributed by atoms with van der Waals surface area (Å²) in [5, 5.41) is -0.265. The van der Waals surface area contributed by atoms with Gasteiger partial charge in [-0.2, -0.15) is 0 Å². The average molecular weight is 287 g/mol. The molecule has 2 aliphatic rings. The largest absolute Gasteiger partial charge is 0.327 e. The number of hydrogen-bond donors (Lipinski definition) is 1. The van der Waals surface area contributed by atoms with Gasteiger partial charge in [0.15, 0.2) is 9.84 Å². The first-order valence-electron chi connectivity index (χ1n) is 8.00. The van der Waals surface area contributed by atoms with Crippen LogP contribution in [-0.4, -0.2) is 25.5 Å². The molecule has 2 fully saturated rings. The van der Waals surface area contributed by atoms with Crippen molar-refractivity contribution in [1.29, 1.82) is 0 Å². The van der Waals surface area contributed by atoms with Crippen molar-refractivity contribution in [3.8, 4) is 0 Å². The van der Waals surface area contributed by atoms with Gasteiger partial charge in [-0.1, -0.05) is 32.6 Å². The van der Waals surface area contributed by atoms with Gasteiger partial charge in [0, 0.05) is 6.04 Å². The third kappa shape index (κ3) is 3.94. The Morgan fingerprint density at radius 1 is 1.05 bits per heavy atom. The van der Waals surface area contributed by atoms with Crippen molar-refractivity contribution >= 4 is 9.84 Å². The van der Waals surface area contributed by atoms with Crippen molar-refractivity contribution in [3.05, 3.63) is 0 Å². The highest BCUT2D eigenvalue weighted by atomic mass is 32.2. The summed E-state index contributed by atoms with van der Waals surface area (Å²) < 4.78 is 25.2. The van der Waals surface area contributed by atoms with Crippen molar-refractivity contribution in [2.75, 3.05) is 5.75 Å². The van der Waals surface area contributed by atoms with Gasteiger partial charge in [-0.3, -0.25) is 0 Å². The molecule has 0 aromatic rings. The van der Waals surface area contributed by atoms with Crippen molar-refractivity contribution in [1.82, 2.24) is 0 Å². The van der Waals surface area contributed by atoms with Gasteiger partial charge < -0.3 is 5.73 Å². The lowest BCUT2D eigenvalue weighted by Gasteiger charge is -2.34. The highest BCUT2D eigenvalue weighted by molar-refractivity contribution is 7.92. The molecule has 2 saturated carbocycles. The molecule has 2 aliphatic carbocycles. The minimum atomic E-state index is -2.99. The van der Waals surface area contributed by atoms with Crippen LogP contribution in [0, 0.1) is 11.8 Å². The minimum Gasteiger partial charge on any atom is -0.327 e. The Morgan fingerprint density at radius 3 is 2.37 bits per heavy atom. The Hall–Kier alpha value is -0.0900. The molecule has 0 amide bonds. The van der Waals surface area contributed by atoms with E-state index in [1.54, 1.807) is 0 Å². The van der Waals surface area contributed by atoms with Crippen molar-refractivity contribution in [2.45, 2.75) is 76.0 Å². The van der Waals surface area contributed by atoms with E-state index in [0.29, 0.717) is 17.6 Å². The molecule has 3 atom stereocenters. The van der Waals surface area contributed by atoms with E-state index in [2.05, 4.69) is 6.92 Å². The van der Waals surface area contributed by atoms with Crippen LogP contribution in [0.3, 0.4) is 0 Å². The third-order valence-corrected chi connectivity index (χ3v) is 7.45. The maximum atomic E-state index is 12.6. The lowest BCUT2D eigenvalue weighted by atomic mass is 9.83. The van der Waals surface area contributed by atoms with E-state index in [-0.39, 0.29) is 11.3 Å². The van der Waals surface area contributed by atoms with Gasteiger partial charge in [-0.15, -0.1) is 0 Å². The summed E-state index contributed by atoms with van der Waals surface area (Å²) in [6.45, 7) is 2.18. The first-order valence-corrected chi connectivity index (χ1v) is 9.71. The second kappa shape index (κ2) is 6.57. The summed E-state index contributed by atoms with van der Waals surface area (Å²) in [5.41, 5.74) is 6.12. The number of sulfone groups is 1. The molecule has 3 unspecified atom stereocenters. The molecule has 2 N–H and O–H groups in total. The Morgan fingerprint density at radius 2 is 1.74 bits per heavy atom. The monoisotopic (exact) mass is 287 g/mol. The minimum absolute atomic E-state index is 0.125. The smallest absolute Gasteiger partial charge is 0.154 e. The molecule has 0 bridgehead atoms. The van der Waals surface area contributed by atoms with E-state index >= 15 is 0 Å². The van der Waals surface area contributed by atoms with Crippen LogP contribution in [0.4, 0.5) is 0 Å². The van der Waals surface area contributed by atoms with E-state index in [9.17, 15) is 8.42 Å². The van der Waals surface area contributed by atoms with Crippen LogP contribution in [0.5, 0.6) is 0 Å². The highest BCUT2D eigenvalue weighted by Gasteiger charge is 2.38. The van der Waals surface area contributed by atoms with Gasteiger partial charge in [-0.05, 0) is 43.9 Å². The van der Waals surface area contributed by atoms with E-state index in [4.69, 9.17) is 5.73 Å². The molecule has 0 spiro atoms. The van der Waals surface area contributed by atoms with E-state index < -0.39 is 9.84 Å². The molecule has 19 heavy (non-hydrogen) atoms. The average Bonchev–Trinajstić information content (AvgIpc) is 2.84. The molecule has 0 radical (unpaired) electrons. The second-order valence-corrected chi connectivity index (χ2v) is 8.91. The predicted octanol–water partition coefficient (Wildman–Crippen LogP) is 2.89. The number of hydrogen-bond acceptors (Lipinski definition) is 3. The molecule has 0 heterocycles. The topological polar surface area (TPSA) is 60.2 Å². The lowest BCUT2D eigenvalue weighted by Crippen LogP contribution is -2.46. The quantitative estimate of drug-likeness (QED) is 0.846. The lowest BCUT2D eigenvalue weighted by molar-refractivity contribution is 0.308. The van der Waals surface area contributed by atoms with Gasteiger partial charge in [0.25, 0.3) is 0 Å². The Bertz CT molecular complexity index is 374. The SMILES string of the molecule is CCCC1CCC(N)C(S(=O)(=O)CC2CCCC2)C1. The van der Waals surface area contributed by atoms with Crippen LogP contribution in [0.2, 0.25) is 0 Å². The molecule has 3 nitrogen and oxygen atoms in total. The van der Waals surface area contributed by atoms with Gasteiger partial charge in [0.2, 0.25) is 0 Å². The van der Waals surface area contributed by atoms with Crippen LogP contribution < -0.4 is 5.73 Å². The van der Waals surface area contributed by atoms with Crippen molar-refractivity contribution < 1.29 is 8.42 Å². The fourth-order valence-corrected chi connectivity index (χ4v) is 6.42. The normalized spacial score (nSPS) is 33.7. The Labute approximate surface area is 118 Å². The van der Waals surface area contributed by atoms with Crippen LogP contribution in [0.25, 0.3) is 0 Å². The fourth-order valence-electron chi connectivity index (χ4n) is 3.95. The molecule has 0 aromatic carbocycles. The molecule has 0 aliphatic heterocycles. The summed E-state index contributed by atoms with van der Waals surface area (Å²) in [5.74, 6) is 1.38. The molecule has 0 aromatic heterocycles. The maximum absolute atomic E-state index is 12.6. The van der Waals surface area contributed by atoms with Crippen LogP contribution in [0.15, 0.2) is 0 Å². The maximum Gasteiger partial charge on any atom is 0.154 e. The molecule has 0 saturated heterocycles. The van der Waals surface area contributed by atoms with Gasteiger partial charge in [0.1, 0.15) is 0 Å². The van der Waals surface area contributed by atoms with Crippen LogP contribution in [0.1, 0.15) is 64.7 Å². The van der Waals surface area contributed by atoms with Gasteiger partial charge in [-0.25, -0.2) is 8.42 Å². The van der Waals surface area contributed by atoms with E-state index in [0.717, 1.165) is 44.9 Å². The molecule has 2 rings (SSSR count). The number of nitrogens with two attached hydrogens (primary N) is 1. The van der Waals surface area contributed by atoms with Crippen LogP contribution in [-0.2, 0) is 9.84 Å². The van der Waals surface area contributed by atoms with E-state index in [1.165, 1.54) is 12.8 Å². The summed E-state index contributed by atoms with van der Waals surface area (Å²) >= 11 is 0. The molecular weight excluding hydrogens is 258 g/mol. The Kier molecular flexibility index (Phi) is 5.29. The zero-order valence-electron chi connectivity index (χ0n) is 12.2. The molecular formula is C15H29NO2S. The van der Waals surface area contributed by atoms with Crippen molar-refractivity contribution in [3.63, 3.8) is 0 Å². The van der Waals surface area contributed by atoms with Gasteiger partial charge in [0.05, 0.1) is 11.0 Å². The first kappa shape index (κ1) is 15.3. The number of rotatable bonds is 5. The second-order valence-electron chi connectivity index (χ2n) is 6.65. The fraction of sp³-hybridized carbons (Fsp3) is 1.00. The molecule has 112 valence electrons.